The molecular weight excluding hydrogens is 254 g/mol. The van der Waals surface area contributed by atoms with Gasteiger partial charge < -0.3 is 10.5 Å². The van der Waals surface area contributed by atoms with Gasteiger partial charge in [0.25, 0.3) is 10.2 Å². The molecule has 2 atom stereocenters. The molecule has 7 heteroatoms. The van der Waals surface area contributed by atoms with Gasteiger partial charge in [-0.05, 0) is 25.7 Å². The lowest BCUT2D eigenvalue weighted by Gasteiger charge is -2.34. The van der Waals surface area contributed by atoms with Crippen molar-refractivity contribution in [2.24, 2.45) is 5.73 Å². The molecule has 0 aromatic heterocycles. The van der Waals surface area contributed by atoms with Crippen LogP contribution in [0.25, 0.3) is 0 Å². The van der Waals surface area contributed by atoms with Gasteiger partial charge in [-0.2, -0.15) is 17.4 Å². The predicted octanol–water partition coefficient (Wildman–Crippen LogP) is -0.187. The van der Waals surface area contributed by atoms with Gasteiger partial charge in [-0.25, -0.2) is 0 Å². The molecule has 0 bridgehead atoms. The summed E-state index contributed by atoms with van der Waals surface area (Å²) in [4.78, 5) is 0. The molecule has 2 aliphatic rings. The molecule has 6 nitrogen and oxygen atoms in total. The van der Waals surface area contributed by atoms with Gasteiger partial charge in [0.2, 0.25) is 0 Å². The second kappa shape index (κ2) is 6.29. The first kappa shape index (κ1) is 14.2. The van der Waals surface area contributed by atoms with E-state index >= 15 is 0 Å². The van der Waals surface area contributed by atoms with Crippen LogP contribution in [0.2, 0.25) is 0 Å². The second-order valence-corrected chi connectivity index (χ2v) is 6.69. The minimum absolute atomic E-state index is 0.0286. The Morgan fingerprint density at radius 2 is 2.11 bits per heavy atom. The minimum atomic E-state index is -3.41. The van der Waals surface area contributed by atoms with E-state index in [0.717, 1.165) is 38.7 Å². The lowest BCUT2D eigenvalue weighted by Crippen LogP contribution is -2.52. The van der Waals surface area contributed by atoms with Crippen LogP contribution in [0.3, 0.4) is 0 Å². The topological polar surface area (TPSA) is 84.7 Å². The quantitative estimate of drug-likeness (QED) is 0.729. The van der Waals surface area contributed by atoms with Crippen molar-refractivity contribution in [2.75, 3.05) is 26.2 Å². The zero-order chi connectivity index (χ0) is 13.0. The first-order valence-electron chi connectivity index (χ1n) is 6.71. The number of hydrogen-bond donors (Lipinski definition) is 2. The maximum Gasteiger partial charge on any atom is 0.279 e. The van der Waals surface area contributed by atoms with Crippen LogP contribution in [0, 0.1) is 0 Å². The molecule has 2 heterocycles. The molecule has 18 heavy (non-hydrogen) atoms. The number of hydrogen-bond acceptors (Lipinski definition) is 4. The highest BCUT2D eigenvalue weighted by Gasteiger charge is 2.31. The fraction of sp³-hybridized carbons (Fsp3) is 1.00. The monoisotopic (exact) mass is 277 g/mol. The van der Waals surface area contributed by atoms with Crippen LogP contribution in [0.1, 0.15) is 32.1 Å². The summed E-state index contributed by atoms with van der Waals surface area (Å²) in [6.07, 6.45) is 4.81. The SMILES string of the molecule is NCC1CCCCN1S(=O)(=O)NCC1CCCO1. The molecule has 2 unspecified atom stereocenters. The number of nitrogens with two attached hydrogens (primary N) is 1. The fourth-order valence-electron chi connectivity index (χ4n) is 2.61. The summed E-state index contributed by atoms with van der Waals surface area (Å²) in [5.41, 5.74) is 5.65. The third-order valence-corrected chi connectivity index (χ3v) is 5.30. The van der Waals surface area contributed by atoms with Crippen molar-refractivity contribution in [3.63, 3.8) is 0 Å². The summed E-state index contributed by atoms with van der Waals surface area (Å²) >= 11 is 0. The van der Waals surface area contributed by atoms with Crippen LogP contribution in [0.4, 0.5) is 0 Å². The average molecular weight is 277 g/mol. The molecule has 2 saturated heterocycles. The smallest absolute Gasteiger partial charge is 0.279 e. The normalized spacial score (nSPS) is 30.7. The summed E-state index contributed by atoms with van der Waals surface area (Å²) in [5.74, 6) is 0. The first-order chi connectivity index (χ1) is 8.63. The first-order valence-corrected chi connectivity index (χ1v) is 8.15. The van der Waals surface area contributed by atoms with Crippen LogP contribution in [-0.4, -0.2) is 51.1 Å². The Morgan fingerprint density at radius 3 is 2.78 bits per heavy atom. The number of nitrogens with zero attached hydrogens (tertiary/aromatic N) is 1. The Kier molecular flexibility index (Phi) is 4.97. The number of piperidine rings is 1. The molecule has 0 spiro atoms. The van der Waals surface area contributed by atoms with Crippen molar-refractivity contribution in [3.8, 4) is 0 Å². The lowest BCUT2D eigenvalue weighted by molar-refractivity contribution is 0.113. The van der Waals surface area contributed by atoms with Gasteiger partial charge in [0.05, 0.1) is 6.10 Å². The molecule has 0 aromatic carbocycles. The van der Waals surface area contributed by atoms with Crippen molar-refractivity contribution in [1.82, 2.24) is 9.03 Å². The van der Waals surface area contributed by atoms with Gasteiger partial charge >= 0.3 is 0 Å². The molecule has 0 amide bonds. The Balaban J connectivity index is 1.91. The Bertz CT molecular complexity index is 355. The van der Waals surface area contributed by atoms with Gasteiger partial charge in [0.15, 0.2) is 0 Å². The largest absolute Gasteiger partial charge is 0.377 e. The van der Waals surface area contributed by atoms with Gasteiger partial charge in [0.1, 0.15) is 0 Å². The molecule has 0 aromatic rings. The van der Waals surface area contributed by atoms with Crippen molar-refractivity contribution >= 4 is 10.2 Å². The van der Waals surface area contributed by atoms with E-state index in [4.69, 9.17) is 10.5 Å². The molecule has 2 rings (SSSR count). The van der Waals surface area contributed by atoms with E-state index in [1.807, 2.05) is 0 Å². The van der Waals surface area contributed by atoms with E-state index < -0.39 is 10.2 Å². The third kappa shape index (κ3) is 3.42. The third-order valence-electron chi connectivity index (χ3n) is 3.67. The van der Waals surface area contributed by atoms with E-state index in [1.165, 1.54) is 4.31 Å². The maximum absolute atomic E-state index is 12.2. The molecule has 2 aliphatic heterocycles. The average Bonchev–Trinajstić information content (AvgIpc) is 2.89. The van der Waals surface area contributed by atoms with E-state index in [-0.39, 0.29) is 12.1 Å². The Morgan fingerprint density at radius 1 is 1.28 bits per heavy atom. The summed E-state index contributed by atoms with van der Waals surface area (Å²) in [6, 6.07) is -0.0549. The molecule has 0 saturated carbocycles. The number of rotatable bonds is 5. The number of ether oxygens (including phenoxy) is 1. The van der Waals surface area contributed by atoms with Crippen molar-refractivity contribution in [3.05, 3.63) is 0 Å². The standard InChI is InChI=1S/C11H23N3O3S/c12-8-10-4-1-2-6-14(10)18(15,16)13-9-11-5-3-7-17-11/h10-11,13H,1-9,12H2. The Labute approximate surface area is 109 Å². The van der Waals surface area contributed by atoms with Crippen LogP contribution >= 0.6 is 0 Å². The minimum Gasteiger partial charge on any atom is -0.377 e. The maximum atomic E-state index is 12.2. The summed E-state index contributed by atoms with van der Waals surface area (Å²) in [7, 11) is -3.41. The second-order valence-electron chi connectivity index (χ2n) is 4.98. The van der Waals surface area contributed by atoms with Crippen LogP contribution in [0.5, 0.6) is 0 Å². The van der Waals surface area contributed by atoms with Crippen molar-refractivity contribution < 1.29 is 13.2 Å². The molecular formula is C11H23N3O3S. The highest BCUT2D eigenvalue weighted by atomic mass is 32.2. The zero-order valence-electron chi connectivity index (χ0n) is 10.7. The predicted molar refractivity (Wildman–Crippen MR) is 69.3 cm³/mol. The van der Waals surface area contributed by atoms with E-state index in [1.54, 1.807) is 0 Å². The van der Waals surface area contributed by atoms with Crippen LogP contribution < -0.4 is 10.5 Å². The van der Waals surface area contributed by atoms with E-state index in [2.05, 4.69) is 4.72 Å². The van der Waals surface area contributed by atoms with Gasteiger partial charge in [-0.3, -0.25) is 0 Å². The summed E-state index contributed by atoms with van der Waals surface area (Å²) in [6.45, 7) is 2.07. The molecule has 0 aliphatic carbocycles. The van der Waals surface area contributed by atoms with Crippen LogP contribution in [0.15, 0.2) is 0 Å². The van der Waals surface area contributed by atoms with Crippen molar-refractivity contribution in [2.45, 2.75) is 44.2 Å². The molecule has 3 N–H and O–H groups in total. The number of nitrogens with one attached hydrogen (secondary N) is 1. The Hall–Kier alpha value is -0.210. The zero-order valence-corrected chi connectivity index (χ0v) is 11.5. The van der Waals surface area contributed by atoms with E-state index in [0.29, 0.717) is 19.6 Å². The summed E-state index contributed by atoms with van der Waals surface area (Å²) in [5, 5.41) is 0. The molecule has 106 valence electrons. The molecule has 2 fully saturated rings. The van der Waals surface area contributed by atoms with E-state index in [9.17, 15) is 8.42 Å². The van der Waals surface area contributed by atoms with Gasteiger partial charge in [-0.15, -0.1) is 0 Å². The van der Waals surface area contributed by atoms with Crippen LogP contribution in [-0.2, 0) is 14.9 Å². The van der Waals surface area contributed by atoms with Crippen molar-refractivity contribution in [1.29, 1.82) is 0 Å². The van der Waals surface area contributed by atoms with Gasteiger partial charge in [0, 0.05) is 32.3 Å². The molecule has 0 radical (unpaired) electrons. The van der Waals surface area contributed by atoms with Gasteiger partial charge in [-0.1, -0.05) is 6.42 Å². The lowest BCUT2D eigenvalue weighted by atomic mass is 10.1. The fourth-order valence-corrected chi connectivity index (χ4v) is 4.13. The highest BCUT2D eigenvalue weighted by molar-refractivity contribution is 7.87. The summed E-state index contributed by atoms with van der Waals surface area (Å²) < 4.78 is 34.0. The highest BCUT2D eigenvalue weighted by Crippen LogP contribution is 2.19.